The van der Waals surface area contributed by atoms with Crippen molar-refractivity contribution in [3.8, 4) is 6.07 Å². The first kappa shape index (κ1) is 18.8. The molecular weight excluding hydrogens is 314 g/mol. The van der Waals surface area contributed by atoms with Crippen LogP contribution in [-0.4, -0.2) is 44.5 Å². The van der Waals surface area contributed by atoms with Crippen molar-refractivity contribution in [1.82, 2.24) is 15.5 Å². The molecule has 1 amide bonds. The molecule has 1 aliphatic carbocycles. The first-order valence-corrected chi connectivity index (χ1v) is 8.66. The fraction of sp³-hybridized carbons (Fsp3) is 0.526. The highest BCUT2D eigenvalue weighted by molar-refractivity contribution is 5.85. The molecule has 1 aliphatic rings. The van der Waals surface area contributed by atoms with Gasteiger partial charge in [0.2, 0.25) is 5.91 Å². The van der Waals surface area contributed by atoms with E-state index in [9.17, 15) is 4.79 Å². The molecule has 1 aromatic carbocycles. The number of carbonyl (C=O) groups excluding carboxylic acids is 1. The third-order valence-electron chi connectivity index (χ3n) is 4.75. The second-order valence-corrected chi connectivity index (χ2v) is 6.78. The average Bonchev–Trinajstić information content (AvgIpc) is 3.11. The summed E-state index contributed by atoms with van der Waals surface area (Å²) in [6.07, 6.45) is 4.01. The van der Waals surface area contributed by atoms with Crippen LogP contribution in [0.4, 0.5) is 0 Å². The highest BCUT2D eigenvalue weighted by Gasteiger charge is 2.42. The van der Waals surface area contributed by atoms with Crippen LogP contribution >= 0.6 is 0 Å². The van der Waals surface area contributed by atoms with Gasteiger partial charge >= 0.3 is 0 Å². The SMILES string of the molecule is CN=C(NCc1cccc(C#N)c1)NCC1(C(=O)N(C)C)CCCC1. The van der Waals surface area contributed by atoms with E-state index in [1.54, 1.807) is 18.0 Å². The Balaban J connectivity index is 1.95. The summed E-state index contributed by atoms with van der Waals surface area (Å²) in [7, 11) is 5.35. The molecule has 0 heterocycles. The highest BCUT2D eigenvalue weighted by Crippen LogP contribution is 2.38. The van der Waals surface area contributed by atoms with Gasteiger partial charge < -0.3 is 15.5 Å². The van der Waals surface area contributed by atoms with Crippen LogP contribution in [-0.2, 0) is 11.3 Å². The van der Waals surface area contributed by atoms with Gasteiger partial charge in [-0.15, -0.1) is 0 Å². The number of amides is 1. The summed E-state index contributed by atoms with van der Waals surface area (Å²) in [6.45, 7) is 1.16. The molecule has 0 radical (unpaired) electrons. The Morgan fingerprint density at radius 1 is 1.32 bits per heavy atom. The molecule has 1 aromatic rings. The molecule has 0 aliphatic heterocycles. The van der Waals surface area contributed by atoms with Crippen LogP contribution in [0.5, 0.6) is 0 Å². The second-order valence-electron chi connectivity index (χ2n) is 6.78. The highest BCUT2D eigenvalue weighted by atomic mass is 16.2. The normalized spacial score (nSPS) is 16.2. The molecular formula is C19H27N5O. The lowest BCUT2D eigenvalue weighted by atomic mass is 9.84. The van der Waals surface area contributed by atoms with Crippen LogP contribution in [0.2, 0.25) is 0 Å². The number of nitrogens with one attached hydrogen (secondary N) is 2. The van der Waals surface area contributed by atoms with Crippen molar-refractivity contribution in [3.05, 3.63) is 35.4 Å². The van der Waals surface area contributed by atoms with E-state index in [0.717, 1.165) is 31.2 Å². The maximum absolute atomic E-state index is 12.6. The molecule has 0 aromatic heterocycles. The summed E-state index contributed by atoms with van der Waals surface area (Å²) in [5.74, 6) is 0.856. The van der Waals surface area contributed by atoms with Gasteiger partial charge in [-0.1, -0.05) is 25.0 Å². The number of aliphatic imine (C=N–C) groups is 1. The Morgan fingerprint density at radius 3 is 2.64 bits per heavy atom. The Bertz CT molecular complexity index is 669. The largest absolute Gasteiger partial charge is 0.355 e. The molecule has 2 rings (SSSR count). The lowest BCUT2D eigenvalue weighted by Gasteiger charge is -2.31. The van der Waals surface area contributed by atoms with Crippen LogP contribution < -0.4 is 10.6 Å². The predicted molar refractivity (Wildman–Crippen MR) is 99.0 cm³/mol. The Morgan fingerprint density at radius 2 is 2.04 bits per heavy atom. The third kappa shape index (κ3) is 4.72. The van der Waals surface area contributed by atoms with Gasteiger partial charge in [-0.25, -0.2) is 0 Å². The van der Waals surface area contributed by atoms with Gasteiger partial charge in [0.15, 0.2) is 5.96 Å². The van der Waals surface area contributed by atoms with E-state index in [-0.39, 0.29) is 11.3 Å². The van der Waals surface area contributed by atoms with Gasteiger partial charge in [-0.3, -0.25) is 9.79 Å². The minimum atomic E-state index is -0.332. The fourth-order valence-electron chi connectivity index (χ4n) is 3.40. The summed E-state index contributed by atoms with van der Waals surface area (Å²) in [6, 6.07) is 9.62. The maximum Gasteiger partial charge on any atom is 0.230 e. The Labute approximate surface area is 149 Å². The van der Waals surface area contributed by atoms with Crippen molar-refractivity contribution in [2.45, 2.75) is 32.2 Å². The van der Waals surface area contributed by atoms with E-state index < -0.39 is 0 Å². The van der Waals surface area contributed by atoms with Crippen LogP contribution in [0.15, 0.2) is 29.3 Å². The van der Waals surface area contributed by atoms with Crippen LogP contribution in [0.3, 0.4) is 0 Å². The molecule has 6 heteroatoms. The standard InChI is InChI=1S/C19H27N5O/c1-21-18(22-13-16-8-6-7-15(11-16)12-20)23-14-19(9-4-5-10-19)17(25)24(2)3/h6-8,11H,4-5,9-10,13-14H2,1-3H3,(H2,21,22,23). The number of hydrogen-bond acceptors (Lipinski definition) is 3. The van der Waals surface area contributed by atoms with E-state index in [1.165, 1.54) is 0 Å². The summed E-state index contributed by atoms with van der Waals surface area (Å²) in [5, 5.41) is 15.5. The Kier molecular flexibility index (Phi) is 6.40. The number of rotatable bonds is 5. The third-order valence-corrected chi connectivity index (χ3v) is 4.75. The first-order chi connectivity index (χ1) is 12.0. The maximum atomic E-state index is 12.6. The number of hydrogen-bond donors (Lipinski definition) is 2. The van der Waals surface area contributed by atoms with E-state index in [1.807, 2.05) is 32.3 Å². The van der Waals surface area contributed by atoms with Gasteiger partial charge in [0.25, 0.3) is 0 Å². The number of guanidine groups is 1. The lowest BCUT2D eigenvalue weighted by molar-refractivity contribution is -0.138. The quantitative estimate of drug-likeness (QED) is 0.633. The lowest BCUT2D eigenvalue weighted by Crippen LogP contribution is -2.49. The molecule has 0 unspecified atom stereocenters. The monoisotopic (exact) mass is 341 g/mol. The zero-order valence-corrected chi connectivity index (χ0v) is 15.3. The van der Waals surface area contributed by atoms with Gasteiger partial charge in [0.05, 0.1) is 17.0 Å². The van der Waals surface area contributed by atoms with Gasteiger partial charge in [0, 0.05) is 34.2 Å². The summed E-state index contributed by atoms with van der Waals surface area (Å²) in [4.78, 5) is 18.6. The zero-order chi connectivity index (χ0) is 18.3. The number of carbonyl (C=O) groups is 1. The molecule has 6 nitrogen and oxygen atoms in total. The van der Waals surface area contributed by atoms with E-state index in [0.29, 0.717) is 24.6 Å². The second kappa shape index (κ2) is 8.52. The molecule has 0 atom stereocenters. The van der Waals surface area contributed by atoms with Crippen molar-refractivity contribution in [3.63, 3.8) is 0 Å². The van der Waals surface area contributed by atoms with Crippen LogP contribution in [0.1, 0.15) is 36.8 Å². The number of nitrogens with zero attached hydrogens (tertiary/aromatic N) is 3. The van der Waals surface area contributed by atoms with Gasteiger partial charge in [-0.2, -0.15) is 5.26 Å². The van der Waals surface area contributed by atoms with E-state index in [4.69, 9.17) is 5.26 Å². The van der Waals surface area contributed by atoms with E-state index in [2.05, 4.69) is 21.7 Å². The predicted octanol–water partition coefficient (Wildman–Crippen LogP) is 1.87. The molecule has 0 saturated heterocycles. The van der Waals surface area contributed by atoms with Gasteiger partial charge in [-0.05, 0) is 30.5 Å². The number of nitriles is 1. The first-order valence-electron chi connectivity index (χ1n) is 8.66. The topological polar surface area (TPSA) is 80.5 Å². The van der Waals surface area contributed by atoms with Crippen LogP contribution in [0, 0.1) is 16.7 Å². The summed E-state index contributed by atoms with van der Waals surface area (Å²) >= 11 is 0. The molecule has 0 bridgehead atoms. The minimum absolute atomic E-state index is 0.190. The van der Waals surface area contributed by atoms with Crippen molar-refractivity contribution in [2.75, 3.05) is 27.7 Å². The minimum Gasteiger partial charge on any atom is -0.355 e. The van der Waals surface area contributed by atoms with Crippen molar-refractivity contribution in [2.24, 2.45) is 10.4 Å². The molecule has 1 saturated carbocycles. The zero-order valence-electron chi connectivity index (χ0n) is 15.3. The summed E-state index contributed by atoms with van der Waals surface area (Å²) in [5.41, 5.74) is 1.33. The molecule has 2 N–H and O–H groups in total. The molecule has 134 valence electrons. The van der Waals surface area contributed by atoms with Crippen LogP contribution in [0.25, 0.3) is 0 Å². The van der Waals surface area contributed by atoms with Crippen molar-refractivity contribution < 1.29 is 4.79 Å². The molecule has 25 heavy (non-hydrogen) atoms. The summed E-state index contributed by atoms with van der Waals surface area (Å²) < 4.78 is 0. The number of benzene rings is 1. The smallest absolute Gasteiger partial charge is 0.230 e. The Hall–Kier alpha value is -2.55. The average molecular weight is 341 g/mol. The van der Waals surface area contributed by atoms with E-state index >= 15 is 0 Å². The van der Waals surface area contributed by atoms with Crippen molar-refractivity contribution in [1.29, 1.82) is 5.26 Å². The van der Waals surface area contributed by atoms with Gasteiger partial charge in [0.1, 0.15) is 0 Å². The molecule has 0 spiro atoms. The van der Waals surface area contributed by atoms with Crippen molar-refractivity contribution >= 4 is 11.9 Å². The molecule has 1 fully saturated rings. The fourth-order valence-corrected chi connectivity index (χ4v) is 3.40.